The molecule has 1 amide bonds. The summed E-state index contributed by atoms with van der Waals surface area (Å²) in [4.78, 5) is 24.6. The van der Waals surface area contributed by atoms with Crippen molar-refractivity contribution in [3.63, 3.8) is 0 Å². The number of aliphatic hydroxyl groups is 1. The van der Waals surface area contributed by atoms with Gasteiger partial charge in [0.15, 0.2) is 0 Å². The number of rotatable bonds is 39. The number of hydrogen-bond acceptors (Lipinski definition) is 6. The summed E-state index contributed by atoms with van der Waals surface area (Å²) < 4.78 is 22.8. The topological polar surface area (TPSA) is 108 Å². The quantitative estimate of drug-likeness (QED) is 0.0280. The maximum atomic E-state index is 12.3. The molecule has 0 aromatic carbocycles. The van der Waals surface area contributed by atoms with E-state index in [2.05, 4.69) is 24.4 Å². The van der Waals surface area contributed by atoms with E-state index in [1.165, 1.54) is 141 Å². The van der Waals surface area contributed by atoms with Crippen molar-refractivity contribution >= 4 is 13.7 Å². The van der Waals surface area contributed by atoms with Gasteiger partial charge in [-0.1, -0.05) is 179 Å². The number of likely N-dealkylation sites (N-methyl/N-ethyl adjacent to an activating group) is 1. The number of carbonyl (C=O) groups excluding carboxylic acids is 1. The second kappa shape index (κ2) is 35.7. The average Bonchev–Trinajstić information content (AvgIpc) is 3.09. The smallest absolute Gasteiger partial charge is 0.268 e. The standard InChI is InChI=1S/C43H85N2O6P/c1-6-8-10-11-12-13-14-15-16-17-18-19-20-21-22-23-24-25-26-27-28-29-30-31-32-33-34-35-36-42(46)41(44-43(47)37-9-7-2)40-51-52(48,49)50-39-38-45(3,4)5/h31-32,35-36,41-42,46H,6-30,33-34,37-40H2,1-5H3,(H-,44,47,48,49)/b32-31+,36-35+. The number of unbranched alkanes of at least 4 members (excludes halogenated alkanes) is 24. The third kappa shape index (κ3) is 37.3. The van der Waals surface area contributed by atoms with Crippen LogP contribution in [0.15, 0.2) is 24.3 Å². The molecule has 2 N–H and O–H groups in total. The van der Waals surface area contributed by atoms with Crippen LogP contribution in [0.25, 0.3) is 0 Å². The van der Waals surface area contributed by atoms with E-state index in [1.807, 2.05) is 34.1 Å². The molecule has 0 bridgehead atoms. The number of quaternary nitrogens is 1. The van der Waals surface area contributed by atoms with Gasteiger partial charge in [0.1, 0.15) is 13.2 Å². The van der Waals surface area contributed by atoms with Gasteiger partial charge in [-0.3, -0.25) is 9.36 Å². The third-order valence-electron chi connectivity index (χ3n) is 9.66. The van der Waals surface area contributed by atoms with Crippen LogP contribution in [0.5, 0.6) is 0 Å². The monoisotopic (exact) mass is 757 g/mol. The minimum absolute atomic E-state index is 0.00654. The molecule has 0 aliphatic heterocycles. The second-order valence-electron chi connectivity index (χ2n) is 16.0. The van der Waals surface area contributed by atoms with Crippen molar-refractivity contribution in [1.29, 1.82) is 0 Å². The molecule has 0 rings (SSSR count). The van der Waals surface area contributed by atoms with Crippen LogP contribution in [-0.2, 0) is 18.4 Å². The van der Waals surface area contributed by atoms with Gasteiger partial charge in [0.25, 0.3) is 7.82 Å². The Kier molecular flexibility index (Phi) is 35.0. The second-order valence-corrected chi connectivity index (χ2v) is 17.5. The van der Waals surface area contributed by atoms with E-state index in [0.29, 0.717) is 23.9 Å². The molecule has 0 aromatic rings. The zero-order valence-electron chi connectivity index (χ0n) is 34.8. The van der Waals surface area contributed by atoms with E-state index >= 15 is 0 Å². The zero-order chi connectivity index (χ0) is 38.6. The molecule has 0 spiro atoms. The predicted octanol–water partition coefficient (Wildman–Crippen LogP) is 11.1. The molecule has 0 saturated heterocycles. The van der Waals surface area contributed by atoms with Crippen LogP contribution in [0.3, 0.4) is 0 Å². The summed E-state index contributed by atoms with van der Waals surface area (Å²) in [6, 6.07) is -0.894. The number of carbonyl (C=O) groups is 1. The first-order valence-corrected chi connectivity index (χ1v) is 23.2. The third-order valence-corrected chi connectivity index (χ3v) is 10.6. The first-order valence-electron chi connectivity index (χ1n) is 21.7. The minimum Gasteiger partial charge on any atom is -0.756 e. The van der Waals surface area contributed by atoms with Crippen molar-refractivity contribution in [2.24, 2.45) is 0 Å². The molecule has 52 heavy (non-hydrogen) atoms. The Hall–Kier alpha value is -1.02. The van der Waals surface area contributed by atoms with Gasteiger partial charge < -0.3 is 28.8 Å². The fraction of sp³-hybridized carbons (Fsp3) is 0.884. The van der Waals surface area contributed by atoms with Crippen LogP contribution in [0, 0.1) is 0 Å². The molecule has 3 unspecified atom stereocenters. The fourth-order valence-corrected chi connectivity index (χ4v) is 6.87. The molecule has 308 valence electrons. The Morgan fingerprint density at radius 2 is 1.08 bits per heavy atom. The molecule has 3 atom stereocenters. The summed E-state index contributed by atoms with van der Waals surface area (Å²) in [6.45, 7) is 4.37. The van der Waals surface area contributed by atoms with Crippen LogP contribution in [0.1, 0.15) is 194 Å². The van der Waals surface area contributed by atoms with Crippen molar-refractivity contribution in [2.75, 3.05) is 40.9 Å². The Morgan fingerprint density at radius 1 is 0.654 bits per heavy atom. The number of amides is 1. The Labute approximate surface area is 322 Å². The first-order chi connectivity index (χ1) is 25.0. The number of phosphoric acid groups is 1. The van der Waals surface area contributed by atoms with Crippen molar-refractivity contribution < 1.29 is 32.9 Å². The van der Waals surface area contributed by atoms with Crippen molar-refractivity contribution in [1.82, 2.24) is 5.32 Å². The van der Waals surface area contributed by atoms with Crippen LogP contribution < -0.4 is 10.2 Å². The van der Waals surface area contributed by atoms with Gasteiger partial charge in [-0.2, -0.15) is 0 Å². The average molecular weight is 757 g/mol. The summed E-state index contributed by atoms with van der Waals surface area (Å²) in [5, 5.41) is 13.5. The molecule has 0 aliphatic rings. The SMILES string of the molecule is CCCCCCCCCCCCCCCCCCCCCCCC/C=C/CC/C=C/C(O)C(COP(=O)([O-])OCC[N+](C)(C)C)NC(=O)CCCC. The number of nitrogens with one attached hydrogen (secondary N) is 1. The van der Waals surface area contributed by atoms with E-state index in [9.17, 15) is 19.4 Å². The highest BCUT2D eigenvalue weighted by Gasteiger charge is 2.23. The summed E-state index contributed by atoms with van der Waals surface area (Å²) in [7, 11) is 1.24. The molecule has 0 fully saturated rings. The van der Waals surface area contributed by atoms with Crippen LogP contribution in [0.4, 0.5) is 0 Å². The summed E-state index contributed by atoms with van der Waals surface area (Å²) in [5.41, 5.74) is 0. The fourth-order valence-electron chi connectivity index (χ4n) is 6.15. The van der Waals surface area contributed by atoms with Gasteiger partial charge in [-0.15, -0.1) is 0 Å². The molecular formula is C43H85N2O6P. The Balaban J connectivity index is 3.90. The number of aliphatic hydroxyl groups excluding tert-OH is 1. The zero-order valence-corrected chi connectivity index (χ0v) is 35.7. The van der Waals surface area contributed by atoms with Gasteiger partial charge in [-0.05, 0) is 32.1 Å². The molecule has 0 aliphatic carbocycles. The highest BCUT2D eigenvalue weighted by molar-refractivity contribution is 7.45. The molecule has 0 heterocycles. The highest BCUT2D eigenvalue weighted by atomic mass is 31.2. The lowest BCUT2D eigenvalue weighted by molar-refractivity contribution is -0.870. The molecule has 9 heteroatoms. The lowest BCUT2D eigenvalue weighted by Crippen LogP contribution is -2.45. The first kappa shape index (κ1) is 51.0. The summed E-state index contributed by atoms with van der Waals surface area (Å²) >= 11 is 0. The molecule has 8 nitrogen and oxygen atoms in total. The molecule has 0 saturated carbocycles. The predicted molar refractivity (Wildman–Crippen MR) is 219 cm³/mol. The highest BCUT2D eigenvalue weighted by Crippen LogP contribution is 2.38. The van der Waals surface area contributed by atoms with E-state index in [0.717, 1.165) is 25.7 Å². The number of nitrogens with zero attached hydrogens (tertiary/aromatic N) is 1. The van der Waals surface area contributed by atoms with E-state index < -0.39 is 26.6 Å². The maximum absolute atomic E-state index is 12.3. The molecule has 0 radical (unpaired) electrons. The van der Waals surface area contributed by atoms with E-state index in [1.54, 1.807) is 6.08 Å². The van der Waals surface area contributed by atoms with Gasteiger partial charge in [0.05, 0.1) is 39.9 Å². The summed E-state index contributed by atoms with van der Waals surface area (Å²) in [6.07, 6.45) is 42.3. The molecule has 0 aromatic heterocycles. The number of allylic oxidation sites excluding steroid dienone is 3. The number of hydrogen-bond donors (Lipinski definition) is 2. The van der Waals surface area contributed by atoms with Crippen molar-refractivity contribution in [3.05, 3.63) is 24.3 Å². The van der Waals surface area contributed by atoms with Crippen LogP contribution in [0.2, 0.25) is 0 Å². The van der Waals surface area contributed by atoms with Crippen molar-refractivity contribution in [2.45, 2.75) is 206 Å². The van der Waals surface area contributed by atoms with Gasteiger partial charge >= 0.3 is 0 Å². The van der Waals surface area contributed by atoms with Crippen LogP contribution in [-0.4, -0.2) is 68.5 Å². The van der Waals surface area contributed by atoms with E-state index in [-0.39, 0.29) is 12.5 Å². The minimum atomic E-state index is -4.57. The largest absolute Gasteiger partial charge is 0.756 e. The number of phosphoric ester groups is 1. The van der Waals surface area contributed by atoms with Gasteiger partial charge in [-0.25, -0.2) is 0 Å². The van der Waals surface area contributed by atoms with Crippen LogP contribution >= 0.6 is 7.82 Å². The Morgan fingerprint density at radius 3 is 1.54 bits per heavy atom. The lowest BCUT2D eigenvalue weighted by Gasteiger charge is -2.29. The normalized spacial score (nSPS) is 14.7. The van der Waals surface area contributed by atoms with Crippen molar-refractivity contribution in [3.8, 4) is 0 Å². The lowest BCUT2D eigenvalue weighted by atomic mass is 10.0. The van der Waals surface area contributed by atoms with Gasteiger partial charge in [0, 0.05) is 6.42 Å². The molecular weight excluding hydrogens is 671 g/mol. The van der Waals surface area contributed by atoms with Gasteiger partial charge in [0.2, 0.25) is 5.91 Å². The van der Waals surface area contributed by atoms with E-state index in [4.69, 9.17) is 9.05 Å². The maximum Gasteiger partial charge on any atom is 0.268 e. The Bertz CT molecular complexity index is 907. The summed E-state index contributed by atoms with van der Waals surface area (Å²) in [5.74, 6) is -0.243.